The number of hydrogen-bond donors (Lipinski definition) is 0. The minimum Gasteiger partial charge on any atom is -0.348 e. The maximum Gasteiger partial charge on any atom is 0.266 e. The molecule has 1 saturated heterocycles. The number of fused-ring (bicyclic) bond motifs is 1. The average Bonchev–Trinajstić information content (AvgIpc) is 3.26. The third kappa shape index (κ3) is 3.64. The molecule has 0 radical (unpaired) electrons. The van der Waals surface area contributed by atoms with Gasteiger partial charge in [-0.3, -0.25) is 0 Å². The number of imidazole rings is 1. The van der Waals surface area contributed by atoms with E-state index in [9.17, 15) is 13.6 Å². The average molecular weight is 434 g/mol. The molecule has 4 rings (SSSR count). The van der Waals surface area contributed by atoms with E-state index in [0.29, 0.717) is 33.4 Å². The Kier molecular flexibility index (Phi) is 5.00. The summed E-state index contributed by atoms with van der Waals surface area (Å²) in [6, 6.07) is 6.30. The molecule has 3 aromatic rings. The lowest BCUT2D eigenvalue weighted by Gasteiger charge is -2.23. The van der Waals surface area contributed by atoms with Crippen LogP contribution in [0.4, 0.5) is 14.6 Å². The Morgan fingerprint density at radius 3 is 2.57 bits per heavy atom. The molecule has 1 fully saturated rings. The Balaban J connectivity index is 1.92. The van der Waals surface area contributed by atoms with Crippen LogP contribution < -0.4 is 4.90 Å². The summed E-state index contributed by atoms with van der Waals surface area (Å²) < 4.78 is 29.4. The summed E-state index contributed by atoms with van der Waals surface area (Å²) in [7, 11) is 0. The molecule has 158 valence electrons. The molecule has 1 unspecified atom stereocenters. The van der Waals surface area contributed by atoms with Gasteiger partial charge in [0.1, 0.15) is 18.2 Å². The minimum absolute atomic E-state index is 0.178. The summed E-state index contributed by atoms with van der Waals surface area (Å²) in [5.41, 5.74) is 0.983. The van der Waals surface area contributed by atoms with Crippen LogP contribution in [0, 0.1) is 0 Å². The van der Waals surface area contributed by atoms with Crippen molar-refractivity contribution in [1.82, 2.24) is 19.5 Å². The molecule has 0 saturated carbocycles. The van der Waals surface area contributed by atoms with E-state index >= 15 is 0 Å². The molecule has 9 heteroatoms. The van der Waals surface area contributed by atoms with Gasteiger partial charge in [0.05, 0.1) is 12.9 Å². The predicted octanol–water partition coefficient (Wildman–Crippen LogP) is 4.41. The summed E-state index contributed by atoms with van der Waals surface area (Å²) in [4.78, 5) is 27.3. The van der Waals surface area contributed by atoms with Crippen molar-refractivity contribution >= 4 is 34.9 Å². The highest BCUT2D eigenvalue weighted by Gasteiger charge is 2.40. The van der Waals surface area contributed by atoms with Gasteiger partial charge in [-0.2, -0.15) is 0 Å². The first kappa shape index (κ1) is 20.7. The molecule has 1 aliphatic heterocycles. The molecule has 0 spiro atoms. The van der Waals surface area contributed by atoms with Gasteiger partial charge in [0, 0.05) is 29.0 Å². The standard InChI is InChI=1S/C21H22ClF2N5O/c1-20(2,3)19-26-17(28-9-8-21(23,24)11-28)16-18(27-19)29(12-25-16)15(10-30)13-6-4-5-7-14(13)22/h4-7,10,12,15H,8-9,11H2,1-3H3. The minimum atomic E-state index is -2.77. The first-order valence-electron chi connectivity index (χ1n) is 9.68. The molecule has 3 heterocycles. The Bertz CT molecular complexity index is 1110. The fourth-order valence-corrected chi connectivity index (χ4v) is 3.83. The largest absolute Gasteiger partial charge is 0.348 e. The third-order valence-corrected chi connectivity index (χ3v) is 5.54. The van der Waals surface area contributed by atoms with Gasteiger partial charge in [-0.15, -0.1) is 0 Å². The maximum atomic E-state index is 13.9. The van der Waals surface area contributed by atoms with Crippen molar-refractivity contribution in [3.8, 4) is 0 Å². The summed E-state index contributed by atoms with van der Waals surface area (Å²) >= 11 is 6.32. The van der Waals surface area contributed by atoms with E-state index in [4.69, 9.17) is 11.6 Å². The van der Waals surface area contributed by atoms with Gasteiger partial charge in [-0.05, 0) is 6.07 Å². The Labute approximate surface area is 177 Å². The summed E-state index contributed by atoms with van der Waals surface area (Å²) in [5.74, 6) is -1.92. The second-order valence-corrected chi connectivity index (χ2v) is 8.98. The van der Waals surface area contributed by atoms with Crippen LogP contribution >= 0.6 is 11.6 Å². The number of rotatable bonds is 4. The van der Waals surface area contributed by atoms with E-state index in [1.54, 1.807) is 33.7 Å². The zero-order chi connectivity index (χ0) is 21.7. The normalized spacial score (nSPS) is 17.5. The molecule has 0 N–H and O–H groups in total. The van der Waals surface area contributed by atoms with Crippen molar-refractivity contribution in [2.24, 2.45) is 0 Å². The maximum absolute atomic E-state index is 13.9. The molecule has 6 nitrogen and oxygen atoms in total. The summed E-state index contributed by atoms with van der Waals surface area (Å²) in [5, 5.41) is 0.445. The van der Waals surface area contributed by atoms with Crippen LogP contribution in [-0.2, 0) is 10.2 Å². The molecular formula is C21H22ClF2N5O. The number of carbonyl (C=O) groups is 1. The van der Waals surface area contributed by atoms with Crippen molar-refractivity contribution in [2.45, 2.75) is 44.6 Å². The van der Waals surface area contributed by atoms with Crippen LogP contribution in [0.5, 0.6) is 0 Å². The van der Waals surface area contributed by atoms with Gasteiger partial charge in [0.2, 0.25) is 0 Å². The molecule has 1 aromatic carbocycles. The van der Waals surface area contributed by atoms with Crippen molar-refractivity contribution < 1.29 is 13.6 Å². The van der Waals surface area contributed by atoms with Gasteiger partial charge in [0.25, 0.3) is 5.92 Å². The van der Waals surface area contributed by atoms with Crippen molar-refractivity contribution in [3.05, 3.63) is 47.0 Å². The van der Waals surface area contributed by atoms with Gasteiger partial charge < -0.3 is 14.3 Å². The van der Waals surface area contributed by atoms with Crippen LogP contribution in [0.25, 0.3) is 11.2 Å². The van der Waals surface area contributed by atoms with E-state index in [1.165, 1.54) is 6.33 Å². The molecule has 1 atom stereocenters. The zero-order valence-corrected chi connectivity index (χ0v) is 17.7. The molecule has 1 aliphatic rings. The van der Waals surface area contributed by atoms with Crippen molar-refractivity contribution in [3.63, 3.8) is 0 Å². The molecule has 0 aliphatic carbocycles. The van der Waals surface area contributed by atoms with E-state index in [-0.39, 0.29) is 13.0 Å². The number of carbonyl (C=O) groups excluding carboxylic acids is 1. The first-order chi connectivity index (χ1) is 14.1. The number of halogens is 3. The van der Waals surface area contributed by atoms with Gasteiger partial charge in [-0.1, -0.05) is 50.6 Å². The molecule has 0 bridgehead atoms. The molecule has 0 amide bonds. The second-order valence-electron chi connectivity index (χ2n) is 8.57. The van der Waals surface area contributed by atoms with E-state index in [1.807, 2.05) is 20.8 Å². The smallest absolute Gasteiger partial charge is 0.266 e. The highest BCUT2D eigenvalue weighted by atomic mass is 35.5. The lowest BCUT2D eigenvalue weighted by Crippen LogP contribution is -2.27. The van der Waals surface area contributed by atoms with E-state index in [0.717, 1.165) is 6.29 Å². The SMILES string of the molecule is CC(C)(C)c1nc(N2CCC(F)(F)C2)c2ncn(C(C=O)c3ccccc3Cl)c2n1. The monoisotopic (exact) mass is 433 g/mol. The van der Waals surface area contributed by atoms with Gasteiger partial charge in [0.15, 0.2) is 17.0 Å². The van der Waals surface area contributed by atoms with Crippen LogP contribution in [0.1, 0.15) is 44.6 Å². The number of alkyl halides is 2. The Morgan fingerprint density at radius 2 is 1.97 bits per heavy atom. The van der Waals surface area contributed by atoms with Crippen molar-refractivity contribution in [1.29, 1.82) is 0 Å². The lowest BCUT2D eigenvalue weighted by atomic mass is 9.95. The van der Waals surface area contributed by atoms with Crippen molar-refractivity contribution in [2.75, 3.05) is 18.0 Å². The Morgan fingerprint density at radius 1 is 1.23 bits per heavy atom. The van der Waals surface area contributed by atoms with Gasteiger partial charge in [-0.25, -0.2) is 23.7 Å². The number of nitrogens with zero attached hydrogens (tertiary/aromatic N) is 5. The zero-order valence-electron chi connectivity index (χ0n) is 16.9. The van der Waals surface area contributed by atoms with E-state index < -0.39 is 23.9 Å². The van der Waals surface area contributed by atoms with Crippen LogP contribution in [-0.4, -0.2) is 44.8 Å². The number of anilines is 1. The topological polar surface area (TPSA) is 63.9 Å². The third-order valence-electron chi connectivity index (χ3n) is 5.20. The van der Waals surface area contributed by atoms with Gasteiger partial charge >= 0.3 is 0 Å². The quantitative estimate of drug-likeness (QED) is 0.570. The first-order valence-corrected chi connectivity index (χ1v) is 10.1. The highest BCUT2D eigenvalue weighted by molar-refractivity contribution is 6.31. The van der Waals surface area contributed by atoms with Crippen LogP contribution in [0.2, 0.25) is 5.02 Å². The molecular weight excluding hydrogens is 412 g/mol. The fraction of sp³-hybridized carbons (Fsp3) is 0.429. The summed E-state index contributed by atoms with van der Waals surface area (Å²) in [6.45, 7) is 5.60. The predicted molar refractivity (Wildman–Crippen MR) is 111 cm³/mol. The number of aldehydes is 1. The number of benzene rings is 1. The number of aromatic nitrogens is 4. The fourth-order valence-electron chi connectivity index (χ4n) is 3.58. The van der Waals surface area contributed by atoms with Crippen LogP contribution in [0.15, 0.2) is 30.6 Å². The van der Waals surface area contributed by atoms with E-state index in [2.05, 4.69) is 15.0 Å². The van der Waals surface area contributed by atoms with Crippen LogP contribution in [0.3, 0.4) is 0 Å². The number of hydrogen-bond acceptors (Lipinski definition) is 5. The molecule has 2 aromatic heterocycles. The summed E-state index contributed by atoms with van der Waals surface area (Å²) in [6.07, 6.45) is 2.03. The second kappa shape index (κ2) is 7.27. The molecule has 30 heavy (non-hydrogen) atoms. The Hall–Kier alpha value is -2.61. The highest BCUT2D eigenvalue weighted by Crippen LogP contribution is 2.35. The lowest BCUT2D eigenvalue weighted by molar-refractivity contribution is -0.109.